The fraction of sp³-hybridized carbons (Fsp3) is 0.476. The molecule has 2 amide bonds. The summed E-state index contributed by atoms with van der Waals surface area (Å²) in [6.07, 6.45) is 3.62. The molecule has 0 aliphatic carbocycles. The molecule has 0 bridgehead atoms. The summed E-state index contributed by atoms with van der Waals surface area (Å²) in [5.74, 6) is 0.330. The van der Waals surface area contributed by atoms with Crippen molar-refractivity contribution in [2.75, 3.05) is 13.1 Å². The van der Waals surface area contributed by atoms with E-state index in [1.165, 1.54) is 0 Å². The molecule has 1 saturated heterocycles. The number of nitrogens with zero attached hydrogens (tertiary/aromatic N) is 3. The molecule has 1 aromatic heterocycles. The summed E-state index contributed by atoms with van der Waals surface area (Å²) in [5, 5.41) is 4.23. The molecule has 1 aliphatic heterocycles. The van der Waals surface area contributed by atoms with Crippen LogP contribution in [-0.2, 0) is 23.1 Å². The van der Waals surface area contributed by atoms with Gasteiger partial charge in [0, 0.05) is 55.5 Å². The van der Waals surface area contributed by atoms with Crippen molar-refractivity contribution in [1.29, 1.82) is 0 Å². The molecule has 1 aliphatic rings. The molecule has 0 radical (unpaired) electrons. The summed E-state index contributed by atoms with van der Waals surface area (Å²) in [6.45, 7) is 3.09. The minimum absolute atomic E-state index is 0.0867. The van der Waals surface area contributed by atoms with Crippen molar-refractivity contribution in [3.05, 3.63) is 46.2 Å². The maximum atomic E-state index is 12.8. The van der Waals surface area contributed by atoms with Crippen molar-refractivity contribution >= 4 is 27.7 Å². The number of primary amides is 1. The average Bonchev–Trinajstić information content (AvgIpc) is 2.99. The highest BCUT2D eigenvalue weighted by Gasteiger charge is 2.33. The number of benzene rings is 1. The number of aryl methyl sites for hydroxylation is 2. The number of likely N-dealkylation sites (tertiary alicyclic amines) is 1. The first-order valence-corrected chi connectivity index (χ1v) is 10.6. The predicted molar refractivity (Wildman–Crippen MR) is 113 cm³/mol. The van der Waals surface area contributed by atoms with Crippen molar-refractivity contribution in [3.63, 3.8) is 0 Å². The molecule has 2 aromatic rings. The van der Waals surface area contributed by atoms with Crippen molar-refractivity contribution in [3.8, 4) is 5.75 Å². The number of hydrogen-bond donors (Lipinski definition) is 1. The summed E-state index contributed by atoms with van der Waals surface area (Å²) >= 11 is 3.44. The van der Waals surface area contributed by atoms with E-state index in [4.69, 9.17) is 10.5 Å². The van der Waals surface area contributed by atoms with E-state index < -0.39 is 0 Å². The number of hydrogen-bond acceptors (Lipinski definition) is 4. The topological polar surface area (TPSA) is 90.4 Å². The molecule has 156 valence electrons. The van der Waals surface area contributed by atoms with Crippen LogP contribution in [0.4, 0.5) is 0 Å². The molecule has 2 heterocycles. The van der Waals surface area contributed by atoms with E-state index >= 15 is 0 Å². The van der Waals surface area contributed by atoms with Gasteiger partial charge in [0.15, 0.2) is 0 Å². The molecule has 1 aromatic carbocycles. The molecule has 29 heavy (non-hydrogen) atoms. The maximum Gasteiger partial charge on any atom is 0.222 e. The second-order valence-electron chi connectivity index (χ2n) is 7.55. The fourth-order valence-corrected chi connectivity index (χ4v) is 4.13. The summed E-state index contributed by atoms with van der Waals surface area (Å²) in [7, 11) is 1.89. The monoisotopic (exact) mass is 462 g/mol. The Morgan fingerprint density at radius 3 is 2.83 bits per heavy atom. The predicted octanol–water partition coefficient (Wildman–Crippen LogP) is 2.60. The zero-order valence-corrected chi connectivity index (χ0v) is 18.4. The molecular formula is C21H27BrN4O3. The average molecular weight is 463 g/mol. The van der Waals surface area contributed by atoms with E-state index in [1.54, 1.807) is 0 Å². The number of ether oxygens (including phenoxy) is 1. The van der Waals surface area contributed by atoms with Crippen LogP contribution in [0.25, 0.3) is 0 Å². The Bertz CT molecular complexity index is 883. The molecule has 2 N–H and O–H groups in total. The van der Waals surface area contributed by atoms with Crippen LogP contribution in [0, 0.1) is 12.8 Å². The van der Waals surface area contributed by atoms with Crippen LogP contribution in [0.3, 0.4) is 0 Å². The molecule has 0 unspecified atom stereocenters. The quantitative estimate of drug-likeness (QED) is 0.684. The third-order valence-electron chi connectivity index (χ3n) is 5.51. The minimum Gasteiger partial charge on any atom is -0.490 e. The first-order chi connectivity index (χ1) is 13.8. The lowest BCUT2D eigenvalue weighted by Crippen LogP contribution is -2.49. The minimum atomic E-state index is -0.377. The third-order valence-corrected chi connectivity index (χ3v) is 6.00. The molecule has 1 fully saturated rings. The summed E-state index contributed by atoms with van der Waals surface area (Å²) in [4.78, 5) is 26.2. The Kier molecular flexibility index (Phi) is 6.95. The first-order valence-electron chi connectivity index (χ1n) is 9.79. The molecule has 2 atom stereocenters. The van der Waals surface area contributed by atoms with E-state index in [-0.39, 0.29) is 30.3 Å². The van der Waals surface area contributed by atoms with Crippen LogP contribution in [0.2, 0.25) is 0 Å². The van der Waals surface area contributed by atoms with Crippen molar-refractivity contribution in [1.82, 2.24) is 14.7 Å². The lowest BCUT2D eigenvalue weighted by Gasteiger charge is -2.38. The smallest absolute Gasteiger partial charge is 0.222 e. The molecule has 0 spiro atoms. The normalized spacial score (nSPS) is 19.2. The van der Waals surface area contributed by atoms with Crippen molar-refractivity contribution in [2.45, 2.75) is 38.7 Å². The highest BCUT2D eigenvalue weighted by Crippen LogP contribution is 2.27. The van der Waals surface area contributed by atoms with Gasteiger partial charge in [-0.25, -0.2) is 0 Å². The van der Waals surface area contributed by atoms with Crippen LogP contribution in [-0.4, -0.2) is 45.7 Å². The van der Waals surface area contributed by atoms with Crippen molar-refractivity contribution in [2.24, 2.45) is 18.7 Å². The summed E-state index contributed by atoms with van der Waals surface area (Å²) < 4.78 is 8.88. The summed E-state index contributed by atoms with van der Waals surface area (Å²) in [6, 6.07) is 7.62. The highest BCUT2D eigenvalue weighted by atomic mass is 79.9. The van der Waals surface area contributed by atoms with Crippen LogP contribution < -0.4 is 10.5 Å². The van der Waals surface area contributed by atoms with E-state index in [2.05, 4.69) is 21.0 Å². The first kappa shape index (κ1) is 21.4. The van der Waals surface area contributed by atoms with Crippen LogP contribution in [0.1, 0.15) is 30.5 Å². The SMILES string of the molecule is Cc1c(CCC(=O)N2CC[C@H](Oc3cccc(Br)c3)[C@@H](CC(N)=O)C2)cnn1C. The molecule has 7 nitrogen and oxygen atoms in total. The van der Waals surface area contributed by atoms with Gasteiger partial charge in [-0.2, -0.15) is 5.10 Å². The van der Waals surface area contributed by atoms with Gasteiger partial charge in [-0.05, 0) is 37.1 Å². The lowest BCUT2D eigenvalue weighted by atomic mass is 9.90. The Morgan fingerprint density at radius 1 is 1.38 bits per heavy atom. The molecule has 3 rings (SSSR count). The second kappa shape index (κ2) is 9.43. The van der Waals surface area contributed by atoms with Crippen LogP contribution >= 0.6 is 15.9 Å². The van der Waals surface area contributed by atoms with E-state index in [0.717, 1.165) is 21.5 Å². The number of nitrogens with two attached hydrogens (primary N) is 1. The Hall–Kier alpha value is -2.35. The van der Waals surface area contributed by atoms with Crippen LogP contribution in [0.5, 0.6) is 5.75 Å². The maximum absolute atomic E-state index is 12.8. The Balaban J connectivity index is 1.61. The zero-order valence-electron chi connectivity index (χ0n) is 16.8. The number of piperidine rings is 1. The van der Waals surface area contributed by atoms with Gasteiger partial charge in [-0.3, -0.25) is 14.3 Å². The molecular weight excluding hydrogens is 436 g/mol. The lowest BCUT2D eigenvalue weighted by molar-refractivity contribution is -0.136. The van der Waals surface area contributed by atoms with Gasteiger partial charge in [-0.1, -0.05) is 22.0 Å². The summed E-state index contributed by atoms with van der Waals surface area (Å²) in [5.41, 5.74) is 7.62. The zero-order chi connectivity index (χ0) is 21.0. The Labute approximate surface area is 179 Å². The van der Waals surface area contributed by atoms with E-state index in [9.17, 15) is 9.59 Å². The number of halogens is 1. The van der Waals surface area contributed by atoms with Gasteiger partial charge in [0.1, 0.15) is 11.9 Å². The number of aromatic nitrogens is 2. The standard InChI is InChI=1S/C21H27BrN4O3/c1-14-15(12-24-25(14)2)6-7-21(28)26-9-8-19(16(13-26)10-20(23)27)29-18-5-3-4-17(22)11-18/h3-5,11-12,16,19H,6-10,13H2,1-2H3,(H2,23,27)/t16-,19-/m0/s1. The third kappa shape index (κ3) is 5.59. The van der Waals surface area contributed by atoms with Gasteiger partial charge in [-0.15, -0.1) is 0 Å². The van der Waals surface area contributed by atoms with Gasteiger partial charge < -0.3 is 15.4 Å². The van der Waals surface area contributed by atoms with Gasteiger partial charge in [0.25, 0.3) is 0 Å². The number of amides is 2. The fourth-order valence-electron chi connectivity index (χ4n) is 3.75. The van der Waals surface area contributed by atoms with Gasteiger partial charge in [0.2, 0.25) is 11.8 Å². The largest absolute Gasteiger partial charge is 0.490 e. The van der Waals surface area contributed by atoms with Crippen LogP contribution in [0.15, 0.2) is 34.9 Å². The van der Waals surface area contributed by atoms with E-state index in [1.807, 2.05) is 54.0 Å². The van der Waals surface area contributed by atoms with E-state index in [0.29, 0.717) is 32.4 Å². The second-order valence-corrected chi connectivity index (χ2v) is 8.47. The number of rotatable bonds is 7. The molecule has 0 saturated carbocycles. The highest BCUT2D eigenvalue weighted by molar-refractivity contribution is 9.10. The number of carbonyl (C=O) groups excluding carboxylic acids is 2. The number of carbonyl (C=O) groups is 2. The molecule has 8 heteroatoms. The van der Waals surface area contributed by atoms with Gasteiger partial charge >= 0.3 is 0 Å². The van der Waals surface area contributed by atoms with Gasteiger partial charge in [0.05, 0.1) is 6.20 Å². The Morgan fingerprint density at radius 2 is 2.17 bits per heavy atom. The van der Waals surface area contributed by atoms with Crippen molar-refractivity contribution < 1.29 is 14.3 Å².